The zero-order chi connectivity index (χ0) is 23.8. The zero-order valence-electron chi connectivity index (χ0n) is 17.0. The summed E-state index contributed by atoms with van der Waals surface area (Å²) in [5.41, 5.74) is 5.07. The third-order valence-corrected chi connectivity index (χ3v) is 5.23. The Balaban J connectivity index is 1.52. The van der Waals surface area contributed by atoms with Gasteiger partial charge in [-0.25, -0.2) is 18.6 Å². The van der Waals surface area contributed by atoms with E-state index in [0.717, 1.165) is 29.5 Å². The molecule has 0 unspecified atom stereocenters. The fourth-order valence-electron chi connectivity index (χ4n) is 2.62. The first-order chi connectivity index (χ1) is 15.8. The molecule has 3 rings (SSSR count). The Kier molecular flexibility index (Phi) is 8.33. The first-order valence-electron chi connectivity index (χ1n) is 9.60. The van der Waals surface area contributed by atoms with Crippen LogP contribution < -0.4 is 26.4 Å². The molecule has 174 valence electrons. The van der Waals surface area contributed by atoms with Gasteiger partial charge in [-0.2, -0.15) is 4.37 Å². The molecule has 0 saturated carbocycles. The average Bonchev–Trinajstić information content (AvgIpc) is 3.18. The van der Waals surface area contributed by atoms with Crippen molar-refractivity contribution in [3.05, 3.63) is 64.3 Å². The van der Waals surface area contributed by atoms with Crippen LogP contribution >= 0.6 is 23.1 Å². The summed E-state index contributed by atoms with van der Waals surface area (Å²) in [6, 6.07) is 6.61. The number of primary amides is 1. The summed E-state index contributed by atoms with van der Waals surface area (Å²) in [7, 11) is 0. The molecule has 3 aromatic rings. The van der Waals surface area contributed by atoms with E-state index < -0.39 is 30.2 Å². The van der Waals surface area contributed by atoms with Crippen LogP contribution in [-0.4, -0.2) is 34.4 Å². The van der Waals surface area contributed by atoms with Crippen molar-refractivity contribution in [2.24, 2.45) is 5.73 Å². The number of hydrogen-bond acceptors (Lipinski definition) is 7. The summed E-state index contributed by atoms with van der Waals surface area (Å²) < 4.78 is 36.8. The number of pyridine rings is 1. The van der Waals surface area contributed by atoms with Crippen molar-refractivity contribution in [2.45, 2.75) is 13.0 Å². The maximum Gasteiger partial charge on any atom is 0.319 e. The molecule has 0 atom stereocenters. The lowest BCUT2D eigenvalue weighted by Gasteiger charge is -2.09. The van der Waals surface area contributed by atoms with E-state index in [1.54, 1.807) is 6.20 Å². The van der Waals surface area contributed by atoms with E-state index in [2.05, 4.69) is 25.3 Å². The molecule has 2 heterocycles. The topological polar surface area (TPSA) is 131 Å². The van der Waals surface area contributed by atoms with Crippen LogP contribution in [0.4, 0.5) is 24.4 Å². The maximum atomic E-state index is 13.9. The number of nitrogens with zero attached hydrogens (tertiary/aromatic N) is 2. The summed E-state index contributed by atoms with van der Waals surface area (Å²) in [5.74, 6) is -1.99. The first kappa shape index (κ1) is 24.1. The van der Waals surface area contributed by atoms with E-state index in [-0.39, 0.29) is 27.0 Å². The van der Waals surface area contributed by atoms with Gasteiger partial charge in [0.05, 0.1) is 5.02 Å². The Morgan fingerprint density at radius 2 is 2.00 bits per heavy atom. The molecule has 3 amide bonds. The second-order valence-corrected chi connectivity index (χ2v) is 7.76. The van der Waals surface area contributed by atoms with Gasteiger partial charge in [0.25, 0.3) is 5.91 Å². The zero-order valence-corrected chi connectivity index (χ0v) is 18.6. The van der Waals surface area contributed by atoms with Crippen LogP contribution in [-0.2, 0) is 6.61 Å². The number of hydrogen-bond donors (Lipinski definition) is 4. The van der Waals surface area contributed by atoms with E-state index in [4.69, 9.17) is 22.1 Å². The lowest BCUT2D eigenvalue weighted by Crippen LogP contribution is -2.31. The second-order valence-electron chi connectivity index (χ2n) is 6.58. The second kappa shape index (κ2) is 11.4. The molecule has 0 radical (unpaired) electrons. The molecule has 0 aliphatic heterocycles. The van der Waals surface area contributed by atoms with Crippen molar-refractivity contribution < 1.29 is 23.1 Å². The third kappa shape index (κ3) is 6.73. The van der Waals surface area contributed by atoms with Crippen LogP contribution in [0, 0.1) is 11.6 Å². The first-order valence-corrected chi connectivity index (χ1v) is 10.8. The predicted octanol–water partition coefficient (Wildman–Crippen LogP) is 3.77. The van der Waals surface area contributed by atoms with Crippen molar-refractivity contribution in [2.75, 3.05) is 23.7 Å². The van der Waals surface area contributed by atoms with Gasteiger partial charge in [-0.15, -0.1) is 0 Å². The van der Waals surface area contributed by atoms with Gasteiger partial charge in [0.2, 0.25) is 5.88 Å². The molecule has 0 fully saturated rings. The number of anilines is 2. The molecular formula is C20H19ClF2N6O3S. The Bertz CT molecular complexity index is 1130. The molecule has 0 aliphatic carbocycles. The number of nitrogens with one attached hydrogen (secondary N) is 3. The number of urea groups is 1. The number of halogens is 3. The number of rotatable bonds is 10. The number of benzene rings is 1. The molecular weight excluding hydrogens is 478 g/mol. The van der Waals surface area contributed by atoms with Crippen LogP contribution in [0.15, 0.2) is 36.5 Å². The fraction of sp³-hybridized carbons (Fsp3) is 0.200. The van der Waals surface area contributed by atoms with E-state index in [1.165, 1.54) is 0 Å². The highest BCUT2D eigenvalue weighted by molar-refractivity contribution is 7.11. The highest BCUT2D eigenvalue weighted by Gasteiger charge is 2.22. The number of ether oxygens (including phenoxy) is 1. The summed E-state index contributed by atoms with van der Waals surface area (Å²) >= 11 is 6.28. The molecule has 9 nitrogen and oxygen atoms in total. The van der Waals surface area contributed by atoms with E-state index in [9.17, 15) is 18.4 Å². The minimum atomic E-state index is -0.906. The Labute approximate surface area is 196 Å². The monoisotopic (exact) mass is 496 g/mol. The van der Waals surface area contributed by atoms with Gasteiger partial charge in [-0.05, 0) is 42.2 Å². The van der Waals surface area contributed by atoms with Crippen LogP contribution in [0.1, 0.15) is 22.3 Å². The number of carbonyl (C=O) groups excluding carboxylic acids is 2. The van der Waals surface area contributed by atoms with Crippen LogP contribution in [0.2, 0.25) is 5.02 Å². The van der Waals surface area contributed by atoms with Gasteiger partial charge < -0.3 is 21.1 Å². The van der Waals surface area contributed by atoms with Crippen LogP contribution in [0.3, 0.4) is 0 Å². The molecule has 0 bridgehead atoms. The van der Waals surface area contributed by atoms with Gasteiger partial charge in [0, 0.05) is 24.8 Å². The molecule has 13 heteroatoms. The number of nitrogens with two attached hydrogens (primary N) is 1. The number of carbonyl (C=O) groups is 2. The quantitative estimate of drug-likeness (QED) is 0.249. The van der Waals surface area contributed by atoms with Crippen LogP contribution in [0.5, 0.6) is 5.88 Å². The lowest BCUT2D eigenvalue weighted by atomic mass is 10.2. The number of amides is 3. The van der Waals surface area contributed by atoms with Crippen molar-refractivity contribution in [1.29, 1.82) is 0 Å². The standard InChI is InChI=1S/C20H19ClF2N6O3S/c21-12-9-13(22)11(8-14(12)23)10-32-18-16(17(24)30)19(33-29-18)28-20(31)27-7-3-6-26-15-4-1-2-5-25-15/h1-2,4-5,8-9H,3,6-7,10H2,(H2,24,30)(H,25,26)(H2,27,28,31). The van der Waals surface area contributed by atoms with Crippen molar-refractivity contribution in [3.63, 3.8) is 0 Å². The molecule has 2 aromatic heterocycles. The van der Waals surface area contributed by atoms with Crippen LogP contribution in [0.25, 0.3) is 0 Å². The summed E-state index contributed by atoms with van der Waals surface area (Å²) in [6.07, 6.45) is 2.29. The molecule has 33 heavy (non-hydrogen) atoms. The SMILES string of the molecule is NC(=O)c1c(OCc2cc(F)c(Cl)cc2F)nsc1NC(=O)NCCCNc1ccccn1. The largest absolute Gasteiger partial charge is 0.471 e. The molecule has 5 N–H and O–H groups in total. The fourth-order valence-corrected chi connectivity index (χ4v) is 3.50. The lowest BCUT2D eigenvalue weighted by molar-refractivity contribution is 0.0996. The predicted molar refractivity (Wildman–Crippen MR) is 121 cm³/mol. The van der Waals surface area contributed by atoms with Crippen molar-refractivity contribution in [3.8, 4) is 5.88 Å². The van der Waals surface area contributed by atoms with Crippen molar-refractivity contribution >= 4 is 45.9 Å². The van der Waals surface area contributed by atoms with Gasteiger partial charge in [0.1, 0.15) is 34.6 Å². The third-order valence-electron chi connectivity index (χ3n) is 4.20. The Morgan fingerprint density at radius 3 is 2.73 bits per heavy atom. The maximum absolute atomic E-state index is 13.9. The molecule has 0 saturated heterocycles. The van der Waals surface area contributed by atoms with Gasteiger partial charge in [0.15, 0.2) is 0 Å². The van der Waals surface area contributed by atoms with Crippen molar-refractivity contribution in [1.82, 2.24) is 14.7 Å². The minimum absolute atomic E-state index is 0.0596. The Hall–Kier alpha value is -3.51. The average molecular weight is 497 g/mol. The normalized spacial score (nSPS) is 10.5. The summed E-state index contributed by atoms with van der Waals surface area (Å²) in [4.78, 5) is 28.1. The van der Waals surface area contributed by atoms with E-state index >= 15 is 0 Å². The van der Waals surface area contributed by atoms with Gasteiger partial charge in [-0.1, -0.05) is 17.7 Å². The summed E-state index contributed by atoms with van der Waals surface area (Å²) in [6.45, 7) is 0.504. The van der Waals surface area contributed by atoms with Gasteiger partial charge >= 0.3 is 6.03 Å². The van der Waals surface area contributed by atoms with Gasteiger partial charge in [-0.3, -0.25) is 10.1 Å². The molecule has 0 aliphatic rings. The minimum Gasteiger partial charge on any atom is -0.471 e. The highest BCUT2D eigenvalue weighted by Crippen LogP contribution is 2.31. The smallest absolute Gasteiger partial charge is 0.319 e. The molecule has 0 spiro atoms. The van der Waals surface area contributed by atoms with E-state index in [1.807, 2.05) is 18.2 Å². The highest BCUT2D eigenvalue weighted by atomic mass is 35.5. The molecule has 1 aromatic carbocycles. The van der Waals surface area contributed by atoms with E-state index in [0.29, 0.717) is 19.5 Å². The summed E-state index contributed by atoms with van der Waals surface area (Å²) in [5, 5.41) is 7.93. The Morgan fingerprint density at radius 1 is 1.18 bits per heavy atom. The number of aromatic nitrogens is 2.